The van der Waals surface area contributed by atoms with E-state index in [4.69, 9.17) is 9.47 Å². The van der Waals surface area contributed by atoms with Gasteiger partial charge in [0.2, 0.25) is 0 Å². The molecule has 0 aliphatic heterocycles. The van der Waals surface area contributed by atoms with Crippen molar-refractivity contribution in [2.45, 2.75) is 0 Å². The Morgan fingerprint density at radius 2 is 1.80 bits per heavy atom. The SMILES string of the molecule is COc1ccc(-c2nc(-c3ccc(O)c([N+](=O)[O-])c3)n[nH]2)cc1OC. The van der Waals surface area contributed by atoms with Gasteiger partial charge in [-0.3, -0.25) is 15.2 Å². The van der Waals surface area contributed by atoms with Crippen LogP contribution in [0.15, 0.2) is 36.4 Å². The number of rotatable bonds is 5. The van der Waals surface area contributed by atoms with E-state index in [-0.39, 0.29) is 5.82 Å². The normalized spacial score (nSPS) is 10.5. The highest BCUT2D eigenvalue weighted by Gasteiger charge is 2.17. The minimum atomic E-state index is -0.666. The largest absolute Gasteiger partial charge is 0.502 e. The molecule has 2 N–H and O–H groups in total. The Labute approximate surface area is 142 Å². The van der Waals surface area contributed by atoms with Crippen molar-refractivity contribution in [2.75, 3.05) is 14.2 Å². The second-order valence-corrected chi connectivity index (χ2v) is 5.04. The number of aromatic hydroxyl groups is 1. The number of phenols is 1. The Hall–Kier alpha value is -3.62. The number of nitrogens with one attached hydrogen (secondary N) is 1. The first kappa shape index (κ1) is 16.2. The Balaban J connectivity index is 1.98. The fourth-order valence-electron chi connectivity index (χ4n) is 2.31. The molecule has 0 saturated heterocycles. The Bertz CT molecular complexity index is 938. The number of nitro groups is 1. The third-order valence-corrected chi connectivity index (χ3v) is 3.57. The molecule has 0 spiro atoms. The summed E-state index contributed by atoms with van der Waals surface area (Å²) in [6, 6.07) is 9.22. The molecular weight excluding hydrogens is 328 g/mol. The summed E-state index contributed by atoms with van der Waals surface area (Å²) in [7, 11) is 3.07. The van der Waals surface area contributed by atoms with E-state index in [2.05, 4.69) is 15.2 Å². The van der Waals surface area contributed by atoms with Gasteiger partial charge >= 0.3 is 5.69 Å². The van der Waals surface area contributed by atoms with Crippen molar-refractivity contribution in [1.82, 2.24) is 15.2 Å². The van der Waals surface area contributed by atoms with Gasteiger partial charge in [0.05, 0.1) is 19.1 Å². The van der Waals surface area contributed by atoms with Gasteiger partial charge < -0.3 is 14.6 Å². The van der Waals surface area contributed by atoms with Crippen molar-refractivity contribution in [3.63, 3.8) is 0 Å². The standard InChI is InChI=1S/C16H14N4O5/c1-24-13-6-4-10(8-14(13)25-2)16-17-15(18-19-16)9-3-5-12(21)11(7-9)20(22)23/h3-8,21H,1-2H3,(H,17,18,19). The molecule has 1 aromatic heterocycles. The van der Waals surface area contributed by atoms with Crippen LogP contribution in [0.4, 0.5) is 5.69 Å². The highest BCUT2D eigenvalue weighted by atomic mass is 16.6. The number of benzene rings is 2. The molecule has 0 aliphatic carbocycles. The minimum Gasteiger partial charge on any atom is -0.502 e. The molecule has 0 aliphatic rings. The van der Waals surface area contributed by atoms with Crippen molar-refractivity contribution < 1.29 is 19.5 Å². The van der Waals surface area contributed by atoms with Gasteiger partial charge in [0, 0.05) is 17.2 Å². The van der Waals surface area contributed by atoms with Crippen LogP contribution in [-0.4, -0.2) is 39.4 Å². The number of methoxy groups -OCH3 is 2. The molecule has 0 fully saturated rings. The smallest absolute Gasteiger partial charge is 0.311 e. The molecule has 0 amide bonds. The predicted octanol–water partition coefficient (Wildman–Crippen LogP) is 2.77. The fourth-order valence-corrected chi connectivity index (χ4v) is 2.31. The zero-order valence-corrected chi connectivity index (χ0v) is 13.4. The van der Waals surface area contributed by atoms with E-state index in [9.17, 15) is 15.2 Å². The molecule has 128 valence electrons. The van der Waals surface area contributed by atoms with E-state index in [0.717, 1.165) is 0 Å². The maximum Gasteiger partial charge on any atom is 0.311 e. The number of nitro benzene ring substituents is 1. The second-order valence-electron chi connectivity index (χ2n) is 5.04. The summed E-state index contributed by atoms with van der Waals surface area (Å²) < 4.78 is 10.4. The molecule has 1 heterocycles. The summed E-state index contributed by atoms with van der Waals surface area (Å²) in [5.74, 6) is 1.45. The lowest BCUT2D eigenvalue weighted by Crippen LogP contribution is -1.91. The average Bonchev–Trinajstić information content (AvgIpc) is 3.11. The first-order valence-electron chi connectivity index (χ1n) is 7.16. The van der Waals surface area contributed by atoms with E-state index in [0.29, 0.717) is 28.5 Å². The zero-order valence-electron chi connectivity index (χ0n) is 13.4. The van der Waals surface area contributed by atoms with E-state index in [1.807, 2.05) is 0 Å². The van der Waals surface area contributed by atoms with Gasteiger partial charge in [-0.25, -0.2) is 4.98 Å². The third-order valence-electron chi connectivity index (χ3n) is 3.57. The van der Waals surface area contributed by atoms with Crippen molar-refractivity contribution in [3.05, 3.63) is 46.5 Å². The molecule has 2 aromatic carbocycles. The van der Waals surface area contributed by atoms with E-state index in [1.165, 1.54) is 25.3 Å². The fraction of sp³-hybridized carbons (Fsp3) is 0.125. The summed E-state index contributed by atoms with van der Waals surface area (Å²) in [5.41, 5.74) is 0.715. The number of phenolic OH excluding ortho intramolecular Hbond substituents is 1. The highest BCUT2D eigenvalue weighted by molar-refractivity contribution is 5.67. The number of aromatic amines is 1. The van der Waals surface area contributed by atoms with Crippen LogP contribution in [-0.2, 0) is 0 Å². The van der Waals surface area contributed by atoms with Crippen LogP contribution < -0.4 is 9.47 Å². The average molecular weight is 342 g/mol. The summed E-state index contributed by atoms with van der Waals surface area (Å²) in [6.07, 6.45) is 0. The molecule has 9 heteroatoms. The number of hydrogen-bond acceptors (Lipinski definition) is 7. The molecule has 3 rings (SSSR count). The molecule has 0 bridgehead atoms. The van der Waals surface area contributed by atoms with Gasteiger partial charge in [0.1, 0.15) is 0 Å². The lowest BCUT2D eigenvalue weighted by atomic mass is 10.1. The molecule has 0 atom stereocenters. The second kappa shape index (κ2) is 6.48. The summed E-state index contributed by atoms with van der Waals surface area (Å²) in [5, 5.41) is 27.3. The van der Waals surface area contributed by atoms with E-state index < -0.39 is 16.4 Å². The highest BCUT2D eigenvalue weighted by Crippen LogP contribution is 2.33. The van der Waals surface area contributed by atoms with Crippen LogP contribution in [0.5, 0.6) is 17.2 Å². The maximum atomic E-state index is 10.9. The van der Waals surface area contributed by atoms with Crippen molar-refractivity contribution in [3.8, 4) is 40.0 Å². The molecule has 9 nitrogen and oxygen atoms in total. The van der Waals surface area contributed by atoms with E-state index >= 15 is 0 Å². The Kier molecular flexibility index (Phi) is 4.21. The van der Waals surface area contributed by atoms with Gasteiger partial charge in [0.15, 0.2) is 28.9 Å². The van der Waals surface area contributed by atoms with Crippen LogP contribution in [0.25, 0.3) is 22.8 Å². The lowest BCUT2D eigenvalue weighted by Gasteiger charge is -2.07. The first-order valence-corrected chi connectivity index (χ1v) is 7.16. The first-order chi connectivity index (χ1) is 12.0. The Morgan fingerprint density at radius 1 is 1.08 bits per heavy atom. The maximum absolute atomic E-state index is 10.9. The predicted molar refractivity (Wildman–Crippen MR) is 88.7 cm³/mol. The summed E-state index contributed by atoms with van der Waals surface area (Å²) >= 11 is 0. The summed E-state index contributed by atoms with van der Waals surface area (Å²) in [4.78, 5) is 14.6. The zero-order chi connectivity index (χ0) is 18.0. The molecule has 0 unspecified atom stereocenters. The minimum absolute atomic E-state index is 0.271. The van der Waals surface area contributed by atoms with Gasteiger partial charge in [0.25, 0.3) is 0 Å². The molecule has 0 saturated carbocycles. The van der Waals surface area contributed by atoms with Crippen LogP contribution in [0.3, 0.4) is 0 Å². The monoisotopic (exact) mass is 342 g/mol. The van der Waals surface area contributed by atoms with Crippen molar-refractivity contribution in [1.29, 1.82) is 0 Å². The number of aromatic nitrogens is 3. The number of nitrogens with zero attached hydrogens (tertiary/aromatic N) is 3. The van der Waals surface area contributed by atoms with Gasteiger partial charge in [-0.05, 0) is 30.3 Å². The van der Waals surface area contributed by atoms with Crippen LogP contribution in [0.1, 0.15) is 0 Å². The van der Waals surface area contributed by atoms with Gasteiger partial charge in [-0.15, -0.1) is 0 Å². The van der Waals surface area contributed by atoms with Crippen LogP contribution in [0.2, 0.25) is 0 Å². The Morgan fingerprint density at radius 3 is 2.48 bits per heavy atom. The van der Waals surface area contributed by atoms with E-state index in [1.54, 1.807) is 25.3 Å². The number of ether oxygens (including phenoxy) is 2. The van der Waals surface area contributed by atoms with Crippen molar-refractivity contribution >= 4 is 5.69 Å². The molecular formula is C16H14N4O5. The molecule has 0 radical (unpaired) electrons. The van der Waals surface area contributed by atoms with Gasteiger partial charge in [-0.2, -0.15) is 5.10 Å². The number of H-pyrrole nitrogens is 1. The number of hydrogen-bond donors (Lipinski definition) is 2. The van der Waals surface area contributed by atoms with Crippen LogP contribution >= 0.6 is 0 Å². The van der Waals surface area contributed by atoms with Gasteiger partial charge in [-0.1, -0.05) is 0 Å². The van der Waals surface area contributed by atoms with Crippen LogP contribution in [0, 0.1) is 10.1 Å². The quantitative estimate of drug-likeness (QED) is 0.539. The molecule has 25 heavy (non-hydrogen) atoms. The third kappa shape index (κ3) is 3.07. The lowest BCUT2D eigenvalue weighted by molar-refractivity contribution is -0.385. The van der Waals surface area contributed by atoms with Crippen molar-refractivity contribution in [2.24, 2.45) is 0 Å². The summed E-state index contributed by atoms with van der Waals surface area (Å²) in [6.45, 7) is 0. The molecule has 3 aromatic rings. The topological polar surface area (TPSA) is 123 Å².